The van der Waals surface area contributed by atoms with Crippen molar-refractivity contribution in [2.45, 2.75) is 64.7 Å². The van der Waals surface area contributed by atoms with Crippen molar-refractivity contribution in [2.75, 3.05) is 13.2 Å². The van der Waals surface area contributed by atoms with Crippen LogP contribution in [0.25, 0.3) is 0 Å². The Morgan fingerprint density at radius 1 is 0.806 bits per heavy atom. The van der Waals surface area contributed by atoms with Crippen LogP contribution >= 0.6 is 8.58 Å². The molecule has 0 aliphatic heterocycles. The number of halogens is 6. The maximum Gasteiger partial charge on any atom is 1.00 e. The van der Waals surface area contributed by atoms with Gasteiger partial charge in [0, 0.05) is 16.9 Å². The first kappa shape index (κ1) is 32.3. The minimum absolute atomic E-state index is 0. The Morgan fingerprint density at radius 2 is 1.33 bits per heavy atom. The fourth-order valence-electron chi connectivity index (χ4n) is 3.35. The summed E-state index contributed by atoms with van der Waals surface area (Å²) in [5.74, 6) is 0.679. The molecular weight excluding hydrogens is 500 g/mol. The van der Waals surface area contributed by atoms with Crippen molar-refractivity contribution in [3.05, 3.63) is 53.1 Å². The summed E-state index contributed by atoms with van der Waals surface area (Å²) in [6.07, 6.45) is -4.88. The molecule has 0 aliphatic rings. The van der Waals surface area contributed by atoms with Gasteiger partial charge in [0.2, 0.25) is 0 Å². The molecule has 0 saturated heterocycles. The van der Waals surface area contributed by atoms with Crippen molar-refractivity contribution in [3.8, 4) is 11.5 Å². The van der Waals surface area contributed by atoms with Gasteiger partial charge in [-0.1, -0.05) is 45.6 Å². The van der Waals surface area contributed by atoms with Crippen molar-refractivity contribution in [2.24, 2.45) is 0 Å². The molecule has 2 aromatic rings. The molecule has 0 fully saturated rings. The zero-order valence-corrected chi connectivity index (χ0v) is 21.6. The van der Waals surface area contributed by atoms with Gasteiger partial charge in [-0.2, -0.15) is 26.3 Å². The van der Waals surface area contributed by atoms with E-state index < -0.39 is 43.1 Å². The molecule has 0 amide bonds. The number of rotatable bonds is 13. The molecule has 3 nitrogen and oxygen atoms in total. The normalized spacial score (nSPS) is 12.0. The van der Waals surface area contributed by atoms with E-state index in [-0.39, 0.29) is 29.9 Å². The molecule has 36 heavy (non-hydrogen) atoms. The third-order valence-electron chi connectivity index (χ3n) is 5.13. The van der Waals surface area contributed by atoms with E-state index in [9.17, 15) is 31.1 Å². The summed E-state index contributed by atoms with van der Waals surface area (Å²) in [6.45, 7) is 4.81. The average molecular weight is 529 g/mol. The topological polar surface area (TPSA) is 35.5 Å². The standard InChI is InChI=1S/C25H29F6O3P.Li/c1-3-5-7-14-33-17-12-13-21(20(16-17)34-15-8-6-4-2)35-23(32)22-18(24(26,27)28)10-9-11-19(22)25(29,30)31;/h9-13,16,35H,3-8,14-15H2,1-2H3;/q;+1. The second kappa shape index (κ2) is 14.9. The summed E-state index contributed by atoms with van der Waals surface area (Å²) in [4.78, 5) is 12.9. The molecule has 2 rings (SSSR count). The van der Waals surface area contributed by atoms with E-state index in [4.69, 9.17) is 9.47 Å². The second-order valence-corrected chi connectivity index (χ2v) is 9.19. The van der Waals surface area contributed by atoms with E-state index in [1.807, 2.05) is 6.92 Å². The molecule has 1 atom stereocenters. The number of benzene rings is 2. The molecule has 2 aromatic carbocycles. The molecule has 11 heteroatoms. The van der Waals surface area contributed by atoms with Crippen molar-refractivity contribution in [3.63, 3.8) is 0 Å². The zero-order chi connectivity index (χ0) is 26.1. The van der Waals surface area contributed by atoms with Crippen LogP contribution in [0.3, 0.4) is 0 Å². The van der Waals surface area contributed by atoms with Gasteiger partial charge in [-0.15, -0.1) is 0 Å². The Hall–Kier alpha value is -1.68. The third kappa shape index (κ3) is 9.65. The number of unbranched alkanes of at least 4 members (excludes halogenated alkanes) is 4. The van der Waals surface area contributed by atoms with E-state index in [1.54, 1.807) is 6.07 Å². The van der Waals surface area contributed by atoms with Crippen LogP contribution in [0.1, 0.15) is 73.9 Å². The summed E-state index contributed by atoms with van der Waals surface area (Å²) in [5, 5.41) is 0.220. The molecule has 0 aromatic heterocycles. The predicted molar refractivity (Wildman–Crippen MR) is 125 cm³/mol. The van der Waals surface area contributed by atoms with Crippen LogP contribution in [-0.2, 0) is 12.4 Å². The summed E-state index contributed by atoms with van der Waals surface area (Å²) in [7, 11) is -1.00. The fraction of sp³-hybridized carbons (Fsp3) is 0.480. The maximum absolute atomic E-state index is 13.5. The Bertz CT molecular complexity index is 947. The van der Waals surface area contributed by atoms with Gasteiger partial charge in [-0.05, 0) is 45.7 Å². The Kier molecular flexibility index (Phi) is 13.4. The summed E-state index contributed by atoms with van der Waals surface area (Å²) in [6, 6.07) is 6.17. The van der Waals surface area contributed by atoms with Gasteiger partial charge in [0.05, 0.1) is 24.3 Å². The van der Waals surface area contributed by atoms with Crippen LogP contribution < -0.4 is 33.6 Å². The molecule has 194 valence electrons. The van der Waals surface area contributed by atoms with Crippen LogP contribution in [0.5, 0.6) is 11.5 Å². The SMILES string of the molecule is CCCCCOc1ccc(PC(=O)c2c(C(F)(F)F)cccc2C(F)(F)F)c(OCCCCC)c1.[Li+]. The molecule has 1 unspecified atom stereocenters. The molecule has 0 N–H and O–H groups in total. The molecule has 0 heterocycles. The monoisotopic (exact) mass is 529 g/mol. The number of carbonyl (C=O) groups excluding carboxylic acids is 1. The number of hydrogen-bond acceptors (Lipinski definition) is 3. The predicted octanol–water partition coefficient (Wildman–Crippen LogP) is 5.01. The number of alkyl halides is 6. The first-order valence-corrected chi connectivity index (χ1v) is 12.5. The number of carbonyl (C=O) groups is 1. The molecule has 0 bridgehead atoms. The minimum atomic E-state index is -5.12. The largest absolute Gasteiger partial charge is 1.00 e. The quantitative estimate of drug-likeness (QED) is 0.159. The van der Waals surface area contributed by atoms with Gasteiger partial charge in [0.1, 0.15) is 11.5 Å². The Labute approximate surface area is 221 Å². The Balaban J connectivity index is 0.00000648. The van der Waals surface area contributed by atoms with Gasteiger partial charge >= 0.3 is 31.2 Å². The average Bonchev–Trinajstić information content (AvgIpc) is 2.79. The van der Waals surface area contributed by atoms with Crippen LogP contribution in [0, 0.1) is 0 Å². The van der Waals surface area contributed by atoms with Crippen LogP contribution in [0.2, 0.25) is 0 Å². The van der Waals surface area contributed by atoms with E-state index in [0.717, 1.165) is 32.1 Å². The summed E-state index contributed by atoms with van der Waals surface area (Å²) in [5.41, 5.74) is -5.85. The van der Waals surface area contributed by atoms with E-state index in [0.29, 0.717) is 43.6 Å². The van der Waals surface area contributed by atoms with Crippen LogP contribution in [-0.4, -0.2) is 18.7 Å². The third-order valence-corrected chi connectivity index (χ3v) is 6.29. The van der Waals surface area contributed by atoms with Crippen molar-refractivity contribution in [1.82, 2.24) is 0 Å². The molecular formula is C25H29F6LiO3P+. The zero-order valence-electron chi connectivity index (χ0n) is 20.6. The van der Waals surface area contributed by atoms with E-state index >= 15 is 0 Å². The van der Waals surface area contributed by atoms with Gasteiger partial charge in [-0.3, -0.25) is 4.79 Å². The van der Waals surface area contributed by atoms with Crippen LogP contribution in [0.15, 0.2) is 36.4 Å². The maximum atomic E-state index is 13.5. The smallest absolute Gasteiger partial charge is 0.493 e. The van der Waals surface area contributed by atoms with Crippen molar-refractivity contribution >= 4 is 19.4 Å². The molecule has 0 aliphatic carbocycles. The second-order valence-electron chi connectivity index (χ2n) is 7.95. The van der Waals surface area contributed by atoms with Gasteiger partial charge in [-0.25, -0.2) is 0 Å². The van der Waals surface area contributed by atoms with Gasteiger partial charge in [0.25, 0.3) is 0 Å². The van der Waals surface area contributed by atoms with Crippen LogP contribution in [0.4, 0.5) is 26.3 Å². The minimum Gasteiger partial charge on any atom is -0.493 e. The van der Waals surface area contributed by atoms with Gasteiger partial charge in [0.15, 0.2) is 5.52 Å². The first-order chi connectivity index (χ1) is 16.5. The summed E-state index contributed by atoms with van der Waals surface area (Å²) < 4.78 is 92.5. The molecule has 0 spiro atoms. The Morgan fingerprint density at radius 3 is 1.83 bits per heavy atom. The molecule has 0 saturated carbocycles. The van der Waals surface area contributed by atoms with Crippen molar-refractivity contribution in [1.29, 1.82) is 0 Å². The molecule has 0 radical (unpaired) electrons. The summed E-state index contributed by atoms with van der Waals surface area (Å²) >= 11 is 0. The van der Waals surface area contributed by atoms with E-state index in [2.05, 4.69) is 6.92 Å². The van der Waals surface area contributed by atoms with E-state index in [1.165, 1.54) is 12.1 Å². The van der Waals surface area contributed by atoms with Gasteiger partial charge < -0.3 is 9.47 Å². The number of ether oxygens (including phenoxy) is 2. The first-order valence-electron chi connectivity index (χ1n) is 11.5. The van der Waals surface area contributed by atoms with Crippen molar-refractivity contribution < 1.29 is 59.5 Å². The number of hydrogen-bond donors (Lipinski definition) is 0. The fourth-order valence-corrected chi connectivity index (χ4v) is 4.42.